The third-order valence-electron chi connectivity index (χ3n) is 4.21. The number of aliphatic carboxylic acids is 1. The largest absolute Gasteiger partial charge is 0.481 e. The van der Waals surface area contributed by atoms with E-state index in [0.29, 0.717) is 29.4 Å². The number of carbonyl (C=O) groups is 2. The number of carbonyl (C=O) groups excluding carboxylic acids is 1. The fourth-order valence-electron chi connectivity index (χ4n) is 3.05. The van der Waals surface area contributed by atoms with Crippen molar-refractivity contribution in [3.8, 4) is 0 Å². The highest BCUT2D eigenvalue weighted by molar-refractivity contribution is 6.42. The zero-order chi connectivity index (χ0) is 18.8. The van der Waals surface area contributed by atoms with Crippen molar-refractivity contribution in [2.45, 2.75) is 45.6 Å². The summed E-state index contributed by atoms with van der Waals surface area (Å²) in [4.78, 5) is 25.9. The average Bonchev–Trinajstić information content (AvgIpc) is 2.49. The van der Waals surface area contributed by atoms with Crippen LogP contribution >= 0.6 is 23.2 Å². The number of rotatable bonds is 3. The molecule has 1 aromatic carbocycles. The number of likely N-dealkylation sites (tertiary alicyclic amines) is 1. The van der Waals surface area contributed by atoms with Crippen LogP contribution in [0.2, 0.25) is 10.0 Å². The van der Waals surface area contributed by atoms with Crippen LogP contribution < -0.4 is 0 Å². The Morgan fingerprint density at radius 2 is 1.96 bits per heavy atom. The molecule has 1 aliphatic heterocycles. The van der Waals surface area contributed by atoms with Gasteiger partial charge in [0, 0.05) is 13.1 Å². The topological polar surface area (TPSA) is 66.8 Å². The first-order valence-electron chi connectivity index (χ1n) is 8.18. The summed E-state index contributed by atoms with van der Waals surface area (Å²) in [7, 11) is 0. The molecule has 1 aliphatic rings. The van der Waals surface area contributed by atoms with Gasteiger partial charge in [-0.05, 0) is 57.7 Å². The summed E-state index contributed by atoms with van der Waals surface area (Å²) in [6, 6.07) is 5.11. The van der Waals surface area contributed by atoms with Crippen LogP contribution in [0.1, 0.15) is 39.2 Å². The first-order valence-corrected chi connectivity index (χ1v) is 8.93. The number of halogens is 2. The molecule has 1 N–H and O–H groups in total. The Kier molecular flexibility index (Phi) is 5.89. The van der Waals surface area contributed by atoms with E-state index in [1.54, 1.807) is 39.0 Å². The summed E-state index contributed by atoms with van der Waals surface area (Å²) in [6.45, 7) is 5.96. The van der Waals surface area contributed by atoms with Crippen molar-refractivity contribution in [2.24, 2.45) is 5.41 Å². The predicted octanol–water partition coefficient (Wildman–Crippen LogP) is 4.64. The third kappa shape index (κ3) is 5.02. The van der Waals surface area contributed by atoms with E-state index in [1.165, 1.54) is 4.90 Å². The summed E-state index contributed by atoms with van der Waals surface area (Å²) in [5.74, 6) is -0.924. The third-order valence-corrected chi connectivity index (χ3v) is 4.95. The van der Waals surface area contributed by atoms with Crippen LogP contribution in [0.25, 0.3) is 0 Å². The highest BCUT2D eigenvalue weighted by Crippen LogP contribution is 2.36. The van der Waals surface area contributed by atoms with Crippen LogP contribution in [-0.2, 0) is 16.0 Å². The smallest absolute Gasteiger partial charge is 0.410 e. The second-order valence-corrected chi connectivity index (χ2v) is 8.33. The van der Waals surface area contributed by atoms with E-state index in [1.807, 2.05) is 0 Å². The van der Waals surface area contributed by atoms with Crippen molar-refractivity contribution in [2.75, 3.05) is 13.1 Å². The van der Waals surface area contributed by atoms with Crippen molar-refractivity contribution in [3.05, 3.63) is 33.8 Å². The highest BCUT2D eigenvalue weighted by Gasteiger charge is 2.44. The van der Waals surface area contributed by atoms with Gasteiger partial charge in [-0.2, -0.15) is 0 Å². The van der Waals surface area contributed by atoms with E-state index in [0.717, 1.165) is 5.56 Å². The van der Waals surface area contributed by atoms with Crippen molar-refractivity contribution in [1.29, 1.82) is 0 Å². The van der Waals surface area contributed by atoms with Gasteiger partial charge in [0.05, 0.1) is 15.5 Å². The second kappa shape index (κ2) is 7.42. The molecule has 1 atom stereocenters. The maximum atomic E-state index is 12.3. The zero-order valence-electron chi connectivity index (χ0n) is 14.6. The Bertz CT molecular complexity index is 672. The molecule has 0 saturated carbocycles. The molecule has 0 aromatic heterocycles. The Labute approximate surface area is 157 Å². The van der Waals surface area contributed by atoms with Crippen LogP contribution in [0.15, 0.2) is 18.2 Å². The summed E-state index contributed by atoms with van der Waals surface area (Å²) in [5, 5.41) is 10.7. The number of carboxylic acid groups (broad SMARTS) is 1. The van der Waals surface area contributed by atoms with E-state index in [4.69, 9.17) is 27.9 Å². The minimum atomic E-state index is -1.06. The molecule has 1 aromatic rings. The van der Waals surface area contributed by atoms with Crippen LogP contribution in [0.5, 0.6) is 0 Å². The highest BCUT2D eigenvalue weighted by atomic mass is 35.5. The van der Waals surface area contributed by atoms with Gasteiger partial charge in [0.1, 0.15) is 5.60 Å². The van der Waals surface area contributed by atoms with Crippen molar-refractivity contribution >= 4 is 35.3 Å². The lowest BCUT2D eigenvalue weighted by Crippen LogP contribution is -2.52. The van der Waals surface area contributed by atoms with Crippen LogP contribution in [0, 0.1) is 5.41 Å². The zero-order valence-corrected chi connectivity index (χ0v) is 16.2. The van der Waals surface area contributed by atoms with Crippen LogP contribution in [0.4, 0.5) is 4.79 Å². The lowest BCUT2D eigenvalue weighted by atomic mass is 9.75. The Morgan fingerprint density at radius 3 is 2.52 bits per heavy atom. The molecule has 0 bridgehead atoms. The van der Waals surface area contributed by atoms with E-state index >= 15 is 0 Å². The number of benzene rings is 1. The van der Waals surface area contributed by atoms with Gasteiger partial charge in [-0.3, -0.25) is 4.79 Å². The molecule has 7 heteroatoms. The molecule has 0 radical (unpaired) electrons. The van der Waals surface area contributed by atoms with Crippen molar-refractivity contribution in [3.63, 3.8) is 0 Å². The summed E-state index contributed by atoms with van der Waals surface area (Å²) in [5.41, 5.74) is -0.904. The number of piperidine rings is 1. The summed E-state index contributed by atoms with van der Waals surface area (Å²) < 4.78 is 5.39. The molecule has 0 aliphatic carbocycles. The number of amides is 1. The average molecular weight is 388 g/mol. The normalized spacial score (nSPS) is 21.1. The molecule has 25 heavy (non-hydrogen) atoms. The van der Waals surface area contributed by atoms with E-state index in [9.17, 15) is 14.7 Å². The number of hydrogen-bond donors (Lipinski definition) is 1. The van der Waals surface area contributed by atoms with Gasteiger partial charge >= 0.3 is 12.1 Å². The molecule has 138 valence electrons. The lowest BCUT2D eigenvalue weighted by molar-refractivity contribution is -0.152. The maximum Gasteiger partial charge on any atom is 0.410 e. The van der Waals surface area contributed by atoms with Gasteiger partial charge in [-0.25, -0.2) is 4.79 Å². The SMILES string of the molecule is CC(C)(C)OC(=O)N1CCCC(Cc2ccc(Cl)c(Cl)c2)(C(=O)O)C1. The van der Waals surface area contributed by atoms with Crippen LogP contribution in [0.3, 0.4) is 0 Å². The molecule has 1 unspecified atom stereocenters. The number of carboxylic acids is 1. The Hall–Kier alpha value is -1.46. The van der Waals surface area contributed by atoms with Gasteiger partial charge in [-0.1, -0.05) is 29.3 Å². The predicted molar refractivity (Wildman–Crippen MR) is 97.3 cm³/mol. The monoisotopic (exact) mass is 387 g/mol. The Balaban J connectivity index is 2.22. The molecular formula is C18H23Cl2NO4. The van der Waals surface area contributed by atoms with Gasteiger partial charge < -0.3 is 14.7 Å². The molecule has 0 spiro atoms. The first kappa shape index (κ1) is 19.9. The molecule has 1 amide bonds. The van der Waals surface area contributed by atoms with E-state index < -0.39 is 23.1 Å². The van der Waals surface area contributed by atoms with E-state index in [-0.39, 0.29) is 13.0 Å². The van der Waals surface area contributed by atoms with Gasteiger partial charge in [-0.15, -0.1) is 0 Å². The molecule has 1 fully saturated rings. The van der Waals surface area contributed by atoms with Gasteiger partial charge in [0.25, 0.3) is 0 Å². The fraction of sp³-hybridized carbons (Fsp3) is 0.556. The fourth-order valence-corrected chi connectivity index (χ4v) is 3.37. The minimum absolute atomic E-state index is 0.109. The Morgan fingerprint density at radius 1 is 1.28 bits per heavy atom. The summed E-state index contributed by atoms with van der Waals surface area (Å²) in [6.07, 6.45) is 0.889. The number of nitrogens with zero attached hydrogens (tertiary/aromatic N) is 1. The quantitative estimate of drug-likeness (QED) is 0.819. The number of hydrogen-bond acceptors (Lipinski definition) is 3. The second-order valence-electron chi connectivity index (χ2n) is 7.52. The number of ether oxygens (including phenoxy) is 1. The standard InChI is InChI=1S/C18H23Cl2NO4/c1-17(2,3)25-16(24)21-8-4-7-18(11-21,15(22)23)10-12-5-6-13(19)14(20)9-12/h5-6,9H,4,7-8,10-11H2,1-3H3,(H,22,23). The first-order chi connectivity index (χ1) is 11.5. The summed E-state index contributed by atoms with van der Waals surface area (Å²) >= 11 is 12.0. The van der Waals surface area contributed by atoms with Crippen LogP contribution in [-0.4, -0.2) is 40.8 Å². The molecule has 1 saturated heterocycles. The molecular weight excluding hydrogens is 365 g/mol. The minimum Gasteiger partial charge on any atom is -0.481 e. The van der Waals surface area contributed by atoms with Crippen molar-refractivity contribution < 1.29 is 19.4 Å². The van der Waals surface area contributed by atoms with E-state index in [2.05, 4.69) is 0 Å². The maximum absolute atomic E-state index is 12.3. The van der Waals surface area contributed by atoms with Crippen molar-refractivity contribution in [1.82, 2.24) is 4.90 Å². The molecule has 5 nitrogen and oxygen atoms in total. The lowest BCUT2D eigenvalue weighted by Gasteiger charge is -2.40. The molecule has 1 heterocycles. The van der Waals surface area contributed by atoms with Gasteiger partial charge in [0.2, 0.25) is 0 Å². The van der Waals surface area contributed by atoms with Gasteiger partial charge in [0.15, 0.2) is 0 Å². The molecule has 2 rings (SSSR count).